The molecule has 27 heavy (non-hydrogen) atoms. The Morgan fingerprint density at radius 1 is 1.26 bits per heavy atom. The molecule has 1 aromatic carbocycles. The number of urea groups is 1. The first-order chi connectivity index (χ1) is 12.9. The summed E-state index contributed by atoms with van der Waals surface area (Å²) in [5.41, 5.74) is 1.36. The number of nitrogens with zero attached hydrogens (tertiary/aromatic N) is 4. The Morgan fingerprint density at radius 2 is 1.96 bits per heavy atom. The van der Waals surface area contributed by atoms with Crippen molar-refractivity contribution in [1.29, 1.82) is 0 Å². The highest BCUT2D eigenvalue weighted by molar-refractivity contribution is 5.93. The molecule has 1 saturated heterocycles. The van der Waals surface area contributed by atoms with E-state index in [0.29, 0.717) is 48.4 Å². The lowest BCUT2D eigenvalue weighted by Gasteiger charge is -2.32. The Labute approximate surface area is 158 Å². The third kappa shape index (κ3) is 4.64. The SMILES string of the molecule is Cc1nc(-c2ccccc2NC(=O)N2CCC(CC(=O)N(C)C)CC2)no1. The second-order valence-corrected chi connectivity index (χ2v) is 7.04. The van der Waals surface area contributed by atoms with Crippen LogP contribution in [0.25, 0.3) is 11.4 Å². The maximum Gasteiger partial charge on any atom is 0.321 e. The zero-order chi connectivity index (χ0) is 19.4. The van der Waals surface area contributed by atoms with Crippen molar-refractivity contribution in [2.24, 2.45) is 5.92 Å². The van der Waals surface area contributed by atoms with Gasteiger partial charge in [-0.05, 0) is 30.9 Å². The van der Waals surface area contributed by atoms with E-state index in [2.05, 4.69) is 15.5 Å². The van der Waals surface area contributed by atoms with Crippen LogP contribution in [0.1, 0.15) is 25.2 Å². The first-order valence-electron chi connectivity index (χ1n) is 9.10. The lowest BCUT2D eigenvalue weighted by molar-refractivity contribution is -0.129. The molecule has 8 heteroatoms. The van der Waals surface area contributed by atoms with Crippen molar-refractivity contribution in [3.05, 3.63) is 30.2 Å². The van der Waals surface area contributed by atoms with Gasteiger partial charge in [-0.1, -0.05) is 17.3 Å². The smallest absolute Gasteiger partial charge is 0.321 e. The molecular weight excluding hydrogens is 346 g/mol. The molecule has 0 atom stereocenters. The number of hydrogen-bond donors (Lipinski definition) is 1. The summed E-state index contributed by atoms with van der Waals surface area (Å²) in [6.07, 6.45) is 2.21. The molecule has 2 heterocycles. The van der Waals surface area contributed by atoms with Crippen molar-refractivity contribution in [1.82, 2.24) is 19.9 Å². The number of nitrogens with one attached hydrogen (secondary N) is 1. The van der Waals surface area contributed by atoms with E-state index in [4.69, 9.17) is 4.52 Å². The topological polar surface area (TPSA) is 91.6 Å². The van der Waals surface area contributed by atoms with Gasteiger partial charge in [0.25, 0.3) is 0 Å². The summed E-state index contributed by atoms with van der Waals surface area (Å²) < 4.78 is 5.04. The van der Waals surface area contributed by atoms with E-state index in [0.717, 1.165) is 12.8 Å². The molecular formula is C19H25N5O3. The van der Waals surface area contributed by atoms with Crippen LogP contribution >= 0.6 is 0 Å². The largest absolute Gasteiger partial charge is 0.349 e. The van der Waals surface area contributed by atoms with Crippen molar-refractivity contribution in [3.8, 4) is 11.4 Å². The number of amides is 3. The van der Waals surface area contributed by atoms with E-state index in [-0.39, 0.29) is 11.9 Å². The highest BCUT2D eigenvalue weighted by Crippen LogP contribution is 2.27. The maximum atomic E-state index is 12.7. The van der Waals surface area contributed by atoms with Crippen LogP contribution in [0.4, 0.5) is 10.5 Å². The molecule has 0 spiro atoms. The predicted molar refractivity (Wildman–Crippen MR) is 101 cm³/mol. The number of benzene rings is 1. The number of carbonyl (C=O) groups excluding carboxylic acids is 2. The van der Waals surface area contributed by atoms with Crippen molar-refractivity contribution in [2.75, 3.05) is 32.5 Å². The minimum absolute atomic E-state index is 0.141. The summed E-state index contributed by atoms with van der Waals surface area (Å²) in [6.45, 7) is 3.00. The molecule has 8 nitrogen and oxygen atoms in total. The quantitative estimate of drug-likeness (QED) is 0.892. The molecule has 1 aliphatic rings. The fourth-order valence-corrected chi connectivity index (χ4v) is 3.16. The van der Waals surface area contributed by atoms with Crippen LogP contribution in [0.2, 0.25) is 0 Å². The lowest BCUT2D eigenvalue weighted by atomic mass is 9.93. The average molecular weight is 371 g/mol. The van der Waals surface area contributed by atoms with E-state index in [1.807, 2.05) is 24.3 Å². The van der Waals surface area contributed by atoms with Crippen LogP contribution in [-0.2, 0) is 4.79 Å². The zero-order valence-electron chi connectivity index (χ0n) is 15.9. The second-order valence-electron chi connectivity index (χ2n) is 7.04. The van der Waals surface area contributed by atoms with Gasteiger partial charge in [-0.2, -0.15) is 4.98 Å². The summed E-state index contributed by atoms with van der Waals surface area (Å²) in [7, 11) is 3.54. The average Bonchev–Trinajstić information content (AvgIpc) is 3.08. The van der Waals surface area contributed by atoms with Gasteiger partial charge in [-0.15, -0.1) is 0 Å². The molecule has 0 aliphatic carbocycles. The van der Waals surface area contributed by atoms with Crippen molar-refractivity contribution in [3.63, 3.8) is 0 Å². The molecule has 1 fully saturated rings. The summed E-state index contributed by atoms with van der Waals surface area (Å²) in [5, 5.41) is 6.88. The predicted octanol–water partition coefficient (Wildman–Crippen LogP) is 2.77. The Hall–Kier alpha value is -2.90. The van der Waals surface area contributed by atoms with Gasteiger partial charge in [-0.25, -0.2) is 4.79 Å². The van der Waals surface area contributed by atoms with E-state index in [1.54, 1.807) is 30.8 Å². The maximum absolute atomic E-state index is 12.7. The summed E-state index contributed by atoms with van der Waals surface area (Å²) in [5.74, 6) is 1.39. The highest BCUT2D eigenvalue weighted by atomic mass is 16.5. The van der Waals surface area contributed by atoms with Gasteiger partial charge in [0.2, 0.25) is 17.6 Å². The first-order valence-corrected chi connectivity index (χ1v) is 9.10. The Balaban J connectivity index is 1.60. The van der Waals surface area contributed by atoms with Crippen LogP contribution < -0.4 is 5.32 Å². The minimum atomic E-state index is -0.153. The first kappa shape index (κ1) is 18.9. The number of likely N-dealkylation sites (tertiary alicyclic amines) is 1. The Morgan fingerprint density at radius 3 is 2.59 bits per heavy atom. The number of aromatic nitrogens is 2. The molecule has 1 N–H and O–H groups in total. The van der Waals surface area contributed by atoms with Gasteiger partial charge in [0.15, 0.2) is 0 Å². The standard InChI is InChI=1S/C19H25N5O3/c1-13-20-18(22-27-13)15-6-4-5-7-16(15)21-19(26)24-10-8-14(9-11-24)12-17(25)23(2)3/h4-7,14H,8-12H2,1-3H3,(H,21,26). The van der Waals surface area contributed by atoms with Gasteiger partial charge in [0.05, 0.1) is 5.69 Å². The molecule has 0 radical (unpaired) electrons. The normalized spacial score (nSPS) is 14.9. The third-order valence-electron chi connectivity index (χ3n) is 4.80. The van der Waals surface area contributed by atoms with E-state index < -0.39 is 0 Å². The number of anilines is 1. The third-order valence-corrected chi connectivity index (χ3v) is 4.80. The van der Waals surface area contributed by atoms with Crippen LogP contribution in [-0.4, -0.2) is 59.1 Å². The van der Waals surface area contributed by atoms with E-state index in [9.17, 15) is 9.59 Å². The minimum Gasteiger partial charge on any atom is -0.349 e. The number of rotatable bonds is 4. The molecule has 0 saturated carbocycles. The molecule has 3 rings (SSSR count). The molecule has 0 unspecified atom stereocenters. The fraction of sp³-hybridized carbons (Fsp3) is 0.474. The summed E-state index contributed by atoms with van der Waals surface area (Å²) in [6, 6.07) is 7.23. The number of para-hydroxylation sites is 1. The molecule has 1 aliphatic heterocycles. The van der Waals surface area contributed by atoms with Gasteiger partial charge < -0.3 is 19.6 Å². The molecule has 0 bridgehead atoms. The number of hydrogen-bond acceptors (Lipinski definition) is 5. The van der Waals surface area contributed by atoms with Crippen molar-refractivity contribution >= 4 is 17.6 Å². The number of carbonyl (C=O) groups is 2. The van der Waals surface area contributed by atoms with Crippen LogP contribution in [0.3, 0.4) is 0 Å². The van der Waals surface area contributed by atoms with E-state index >= 15 is 0 Å². The van der Waals surface area contributed by atoms with Crippen molar-refractivity contribution < 1.29 is 14.1 Å². The van der Waals surface area contributed by atoms with Gasteiger partial charge in [0.1, 0.15) is 0 Å². The second kappa shape index (κ2) is 8.20. The fourth-order valence-electron chi connectivity index (χ4n) is 3.16. The van der Waals surface area contributed by atoms with Crippen molar-refractivity contribution in [2.45, 2.75) is 26.2 Å². The lowest BCUT2D eigenvalue weighted by Crippen LogP contribution is -2.41. The Kier molecular flexibility index (Phi) is 5.73. The van der Waals surface area contributed by atoms with Crippen LogP contribution in [0.5, 0.6) is 0 Å². The molecule has 144 valence electrons. The summed E-state index contributed by atoms with van der Waals surface area (Å²) in [4.78, 5) is 32.2. The van der Waals surface area contributed by atoms with Gasteiger partial charge in [0, 0.05) is 46.1 Å². The summed E-state index contributed by atoms with van der Waals surface area (Å²) >= 11 is 0. The van der Waals surface area contributed by atoms with Gasteiger partial charge >= 0.3 is 6.03 Å². The zero-order valence-corrected chi connectivity index (χ0v) is 15.9. The molecule has 3 amide bonds. The number of piperidine rings is 1. The van der Waals surface area contributed by atoms with E-state index in [1.165, 1.54) is 0 Å². The molecule has 1 aromatic heterocycles. The number of aryl methyl sites for hydroxylation is 1. The highest BCUT2D eigenvalue weighted by Gasteiger charge is 2.25. The van der Waals surface area contributed by atoms with Crippen LogP contribution in [0, 0.1) is 12.8 Å². The molecule has 2 aromatic rings. The van der Waals surface area contributed by atoms with Gasteiger partial charge in [-0.3, -0.25) is 4.79 Å². The van der Waals surface area contributed by atoms with Crippen LogP contribution in [0.15, 0.2) is 28.8 Å². The Bertz CT molecular complexity index is 809. The monoisotopic (exact) mass is 371 g/mol.